The van der Waals surface area contributed by atoms with E-state index in [1.165, 1.54) is 0 Å². The largest absolute Gasteiger partial charge is 0.494 e. The minimum atomic E-state index is 0.0324. The summed E-state index contributed by atoms with van der Waals surface area (Å²) in [5.41, 5.74) is 1.85. The Bertz CT molecular complexity index is 478. The number of benzene rings is 1. The molecule has 0 saturated heterocycles. The van der Waals surface area contributed by atoms with E-state index >= 15 is 0 Å². The van der Waals surface area contributed by atoms with Crippen LogP contribution in [0.15, 0.2) is 18.2 Å². The van der Waals surface area contributed by atoms with Gasteiger partial charge < -0.3 is 15.4 Å². The molecule has 1 atom stereocenters. The van der Waals surface area contributed by atoms with Crippen LogP contribution in [0.2, 0.25) is 0 Å². The van der Waals surface area contributed by atoms with E-state index in [1.807, 2.05) is 18.2 Å². The highest BCUT2D eigenvalue weighted by Crippen LogP contribution is 2.36. The number of methoxy groups -OCH3 is 1. The van der Waals surface area contributed by atoms with Crippen LogP contribution in [0.5, 0.6) is 5.75 Å². The lowest BCUT2D eigenvalue weighted by molar-refractivity contribution is -0.116. The van der Waals surface area contributed by atoms with Gasteiger partial charge in [0.15, 0.2) is 0 Å². The zero-order valence-electron chi connectivity index (χ0n) is 12.0. The normalized spacial score (nSPS) is 18.9. The van der Waals surface area contributed by atoms with Crippen molar-refractivity contribution in [2.24, 2.45) is 5.41 Å². The van der Waals surface area contributed by atoms with Crippen LogP contribution in [0.4, 0.5) is 11.4 Å². The van der Waals surface area contributed by atoms with E-state index in [9.17, 15) is 4.79 Å². The van der Waals surface area contributed by atoms with Gasteiger partial charge in [0.1, 0.15) is 11.4 Å². The molecule has 0 aliphatic carbocycles. The Balaban J connectivity index is 2.29. The van der Waals surface area contributed by atoms with Crippen molar-refractivity contribution in [2.75, 3.05) is 17.7 Å². The van der Waals surface area contributed by atoms with Gasteiger partial charge in [-0.15, -0.1) is 0 Å². The summed E-state index contributed by atoms with van der Waals surface area (Å²) in [5, 5.41) is 6.39. The van der Waals surface area contributed by atoms with E-state index in [-0.39, 0.29) is 17.4 Å². The monoisotopic (exact) mass is 262 g/mol. The summed E-state index contributed by atoms with van der Waals surface area (Å²) in [7, 11) is 1.61. The zero-order valence-corrected chi connectivity index (χ0v) is 12.0. The van der Waals surface area contributed by atoms with Gasteiger partial charge in [0.05, 0.1) is 12.8 Å². The molecule has 0 aromatic heterocycles. The number of fused-ring (bicyclic) bond motifs is 1. The van der Waals surface area contributed by atoms with Gasteiger partial charge in [0, 0.05) is 12.5 Å². The van der Waals surface area contributed by atoms with Crippen molar-refractivity contribution in [3.63, 3.8) is 0 Å². The minimum absolute atomic E-state index is 0.0324. The van der Waals surface area contributed by atoms with E-state index in [0.717, 1.165) is 17.8 Å². The summed E-state index contributed by atoms with van der Waals surface area (Å²) in [6.07, 6.45) is 1.42. The average Bonchev–Trinajstić information content (AvgIpc) is 2.43. The molecule has 104 valence electrons. The molecule has 2 rings (SSSR count). The molecule has 0 fully saturated rings. The average molecular weight is 262 g/mol. The highest BCUT2D eigenvalue weighted by molar-refractivity contribution is 5.98. The number of hydrogen-bond acceptors (Lipinski definition) is 3. The van der Waals surface area contributed by atoms with Gasteiger partial charge in [-0.05, 0) is 24.0 Å². The molecule has 0 radical (unpaired) electrons. The van der Waals surface area contributed by atoms with Crippen molar-refractivity contribution in [3.05, 3.63) is 18.2 Å². The number of ether oxygens (including phenoxy) is 1. The quantitative estimate of drug-likeness (QED) is 0.860. The molecular weight excluding hydrogens is 240 g/mol. The van der Waals surface area contributed by atoms with Crippen molar-refractivity contribution in [2.45, 2.75) is 39.7 Å². The van der Waals surface area contributed by atoms with E-state index in [1.54, 1.807) is 7.11 Å². The van der Waals surface area contributed by atoms with E-state index in [2.05, 4.69) is 31.4 Å². The highest BCUT2D eigenvalue weighted by Gasteiger charge is 2.26. The molecule has 1 unspecified atom stereocenters. The number of carbonyl (C=O) groups is 1. The van der Waals surface area contributed by atoms with E-state index in [0.29, 0.717) is 12.2 Å². The Labute approximate surface area is 114 Å². The lowest BCUT2D eigenvalue weighted by atomic mass is 9.87. The summed E-state index contributed by atoms with van der Waals surface area (Å²) in [5.74, 6) is 0.722. The fourth-order valence-corrected chi connectivity index (χ4v) is 2.50. The van der Waals surface area contributed by atoms with Crippen LogP contribution in [0.1, 0.15) is 33.6 Å². The summed E-state index contributed by atoms with van der Waals surface area (Å²) >= 11 is 0. The van der Waals surface area contributed by atoms with Crippen molar-refractivity contribution in [1.29, 1.82) is 0 Å². The molecule has 0 spiro atoms. The Hall–Kier alpha value is -1.71. The van der Waals surface area contributed by atoms with Gasteiger partial charge >= 0.3 is 0 Å². The molecule has 1 heterocycles. The first-order valence-corrected chi connectivity index (χ1v) is 6.62. The van der Waals surface area contributed by atoms with Gasteiger partial charge in [0.25, 0.3) is 0 Å². The second kappa shape index (κ2) is 5.11. The first-order chi connectivity index (χ1) is 8.89. The lowest BCUT2D eigenvalue weighted by Gasteiger charge is -2.25. The molecule has 19 heavy (non-hydrogen) atoms. The van der Waals surface area contributed by atoms with Crippen LogP contribution < -0.4 is 15.4 Å². The second-order valence-electron chi connectivity index (χ2n) is 6.24. The fourth-order valence-electron chi connectivity index (χ4n) is 2.50. The molecule has 2 N–H and O–H groups in total. The van der Waals surface area contributed by atoms with Crippen LogP contribution in [-0.2, 0) is 4.79 Å². The molecule has 1 aliphatic heterocycles. The topological polar surface area (TPSA) is 50.4 Å². The maximum atomic E-state index is 12.0. The first-order valence-electron chi connectivity index (χ1n) is 6.62. The third-order valence-corrected chi connectivity index (χ3v) is 3.16. The summed E-state index contributed by atoms with van der Waals surface area (Å²) in [4.78, 5) is 12.0. The lowest BCUT2D eigenvalue weighted by Crippen LogP contribution is -2.27. The Morgan fingerprint density at radius 3 is 2.74 bits per heavy atom. The van der Waals surface area contributed by atoms with Gasteiger partial charge in [0.2, 0.25) is 5.91 Å². The van der Waals surface area contributed by atoms with Gasteiger partial charge in [-0.2, -0.15) is 0 Å². The Kier molecular flexibility index (Phi) is 3.69. The second-order valence-corrected chi connectivity index (χ2v) is 6.24. The SMILES string of the molecule is COc1cccc2c1NC(=O)CC(CC(C)(C)C)N2. The van der Waals surface area contributed by atoms with Gasteiger partial charge in [-0.25, -0.2) is 0 Å². The molecule has 4 nitrogen and oxygen atoms in total. The van der Waals surface area contributed by atoms with E-state index in [4.69, 9.17) is 4.74 Å². The molecule has 4 heteroatoms. The van der Waals surface area contributed by atoms with Crippen LogP contribution in [0, 0.1) is 5.41 Å². The predicted molar refractivity (Wildman–Crippen MR) is 77.7 cm³/mol. The van der Waals surface area contributed by atoms with Crippen LogP contribution in [0.25, 0.3) is 0 Å². The molecule has 1 aliphatic rings. The highest BCUT2D eigenvalue weighted by atomic mass is 16.5. The number of hydrogen-bond donors (Lipinski definition) is 2. The van der Waals surface area contributed by atoms with Crippen LogP contribution in [-0.4, -0.2) is 19.1 Å². The molecule has 0 bridgehead atoms. The Morgan fingerprint density at radius 1 is 1.37 bits per heavy atom. The maximum absolute atomic E-state index is 12.0. The summed E-state index contributed by atoms with van der Waals surface area (Å²) < 4.78 is 5.30. The van der Waals surface area contributed by atoms with Crippen molar-refractivity contribution in [3.8, 4) is 5.75 Å². The Morgan fingerprint density at radius 2 is 2.11 bits per heavy atom. The van der Waals surface area contributed by atoms with Crippen molar-refractivity contribution in [1.82, 2.24) is 0 Å². The molecular formula is C15H22N2O2. The summed E-state index contributed by atoms with van der Waals surface area (Å²) in [6, 6.07) is 5.90. The molecule has 1 amide bonds. The molecule has 1 aromatic carbocycles. The third kappa shape index (κ3) is 3.40. The maximum Gasteiger partial charge on any atom is 0.226 e. The van der Waals surface area contributed by atoms with E-state index < -0.39 is 0 Å². The number of para-hydroxylation sites is 1. The molecule has 1 aromatic rings. The number of rotatable bonds is 2. The van der Waals surface area contributed by atoms with Gasteiger partial charge in [-0.1, -0.05) is 26.8 Å². The number of anilines is 2. The van der Waals surface area contributed by atoms with Crippen molar-refractivity contribution >= 4 is 17.3 Å². The number of carbonyl (C=O) groups excluding carboxylic acids is 1. The smallest absolute Gasteiger partial charge is 0.226 e. The molecule has 0 saturated carbocycles. The zero-order chi connectivity index (χ0) is 14.0. The number of nitrogens with one attached hydrogen (secondary N) is 2. The first kappa shape index (κ1) is 13.7. The minimum Gasteiger partial charge on any atom is -0.494 e. The van der Waals surface area contributed by atoms with Crippen molar-refractivity contribution < 1.29 is 9.53 Å². The third-order valence-electron chi connectivity index (χ3n) is 3.16. The summed E-state index contributed by atoms with van der Waals surface area (Å²) in [6.45, 7) is 6.55. The standard InChI is InChI=1S/C15H22N2O2/c1-15(2,3)9-10-8-13(18)17-14-11(16-10)6-5-7-12(14)19-4/h5-7,10,16H,8-9H2,1-4H3,(H,17,18). The van der Waals surface area contributed by atoms with Gasteiger partial charge in [-0.3, -0.25) is 4.79 Å². The predicted octanol–water partition coefficient (Wildman–Crippen LogP) is 3.25. The van der Waals surface area contributed by atoms with Crippen LogP contribution >= 0.6 is 0 Å². The fraction of sp³-hybridized carbons (Fsp3) is 0.533. The number of amides is 1. The van der Waals surface area contributed by atoms with Crippen LogP contribution in [0.3, 0.4) is 0 Å².